The highest BCUT2D eigenvalue weighted by molar-refractivity contribution is 7.25. The first-order valence-corrected chi connectivity index (χ1v) is 22.3. The maximum atomic E-state index is 5.05. The molecule has 0 atom stereocenters. The van der Waals surface area contributed by atoms with Crippen molar-refractivity contribution in [2.24, 2.45) is 0 Å². The fourth-order valence-electron chi connectivity index (χ4n) is 9.46. The number of nitrogens with zero attached hydrogens (tertiary/aromatic N) is 2. The van der Waals surface area contributed by atoms with Gasteiger partial charge in [0.15, 0.2) is 0 Å². The Labute approximate surface area is 359 Å². The van der Waals surface area contributed by atoms with Crippen LogP contribution in [-0.4, -0.2) is 4.98 Å². The largest absolute Gasteiger partial charge is 0.310 e. The number of aromatic nitrogens is 1. The van der Waals surface area contributed by atoms with Crippen LogP contribution in [0.2, 0.25) is 0 Å². The molecule has 0 bridgehead atoms. The summed E-state index contributed by atoms with van der Waals surface area (Å²) in [5.74, 6) is 0. The molecule has 0 radical (unpaired) electrons. The van der Waals surface area contributed by atoms with Gasteiger partial charge >= 0.3 is 0 Å². The van der Waals surface area contributed by atoms with E-state index in [9.17, 15) is 0 Å². The molecule has 0 amide bonds. The molecule has 11 aromatic carbocycles. The fraction of sp³-hybridized carbons (Fsp3) is 0. The van der Waals surface area contributed by atoms with Gasteiger partial charge in [0.1, 0.15) is 5.01 Å². The van der Waals surface area contributed by atoms with Crippen molar-refractivity contribution in [2.45, 2.75) is 0 Å². The predicted octanol–water partition coefficient (Wildman–Crippen LogP) is 17.2. The molecule has 13 aromatic rings. The number of rotatable bonds is 5. The Hall–Kier alpha value is -7.37. The van der Waals surface area contributed by atoms with Gasteiger partial charge in [0, 0.05) is 48.2 Å². The van der Waals surface area contributed by atoms with Gasteiger partial charge in [-0.15, -0.1) is 22.7 Å². The molecule has 0 saturated carbocycles. The number of hydrogen-bond donors (Lipinski definition) is 0. The minimum atomic E-state index is 1.05. The highest BCUT2D eigenvalue weighted by Gasteiger charge is 2.18. The second kappa shape index (κ2) is 13.6. The van der Waals surface area contributed by atoms with Crippen molar-refractivity contribution in [3.8, 4) is 21.7 Å². The first-order chi connectivity index (χ1) is 30.2. The zero-order valence-electron chi connectivity index (χ0n) is 32.8. The summed E-state index contributed by atoms with van der Waals surface area (Å²) in [5, 5.41) is 16.2. The number of benzene rings is 11. The van der Waals surface area contributed by atoms with E-state index in [1.807, 2.05) is 11.3 Å². The van der Waals surface area contributed by atoms with Crippen molar-refractivity contribution in [3.05, 3.63) is 206 Å². The van der Waals surface area contributed by atoms with Crippen LogP contribution in [0, 0.1) is 0 Å². The van der Waals surface area contributed by atoms with E-state index >= 15 is 0 Å². The minimum Gasteiger partial charge on any atom is -0.310 e. The number of thiophene rings is 1. The number of anilines is 3. The Balaban J connectivity index is 0.934. The lowest BCUT2D eigenvalue weighted by Crippen LogP contribution is -2.09. The fourth-order valence-corrected chi connectivity index (χ4v) is 11.7. The van der Waals surface area contributed by atoms with Gasteiger partial charge in [-0.3, -0.25) is 0 Å². The molecule has 0 N–H and O–H groups in total. The molecular formula is C57H34N2S2. The zero-order chi connectivity index (χ0) is 40.0. The molecule has 284 valence electrons. The summed E-state index contributed by atoms with van der Waals surface area (Å²) in [6.07, 6.45) is 0. The maximum absolute atomic E-state index is 5.05. The molecule has 0 saturated heterocycles. The molecule has 0 fully saturated rings. The molecule has 0 aliphatic rings. The molecule has 2 nitrogen and oxygen atoms in total. The molecule has 2 heterocycles. The van der Waals surface area contributed by atoms with Gasteiger partial charge in [0.2, 0.25) is 0 Å². The van der Waals surface area contributed by atoms with Crippen LogP contribution in [0.25, 0.3) is 106 Å². The van der Waals surface area contributed by atoms with Crippen LogP contribution in [0.3, 0.4) is 0 Å². The van der Waals surface area contributed by atoms with Crippen LogP contribution in [0.4, 0.5) is 17.1 Å². The Morgan fingerprint density at radius 1 is 0.328 bits per heavy atom. The SMILES string of the molecule is c1ccc(-c2nc3ccc4ccc5cc(-c6ccc(N(c7ccc8c(c7)sc7ccccc78)c7ccc8ccc9c%10ccccc%10ccc9c8c7)cc6)ccc5c4c3s2)cc1. The predicted molar refractivity (Wildman–Crippen MR) is 266 cm³/mol. The molecule has 61 heavy (non-hydrogen) atoms. The summed E-state index contributed by atoms with van der Waals surface area (Å²) in [6, 6.07) is 75.8. The lowest BCUT2D eigenvalue weighted by Gasteiger charge is -2.26. The average Bonchev–Trinajstić information content (AvgIpc) is 3.94. The van der Waals surface area contributed by atoms with Gasteiger partial charge < -0.3 is 4.90 Å². The minimum absolute atomic E-state index is 1.05. The quantitative estimate of drug-likeness (QED) is 0.161. The highest BCUT2D eigenvalue weighted by Crippen LogP contribution is 2.44. The summed E-state index contributed by atoms with van der Waals surface area (Å²) >= 11 is 3.64. The van der Waals surface area contributed by atoms with Gasteiger partial charge in [-0.1, -0.05) is 152 Å². The molecule has 0 aliphatic heterocycles. The van der Waals surface area contributed by atoms with E-state index < -0.39 is 0 Å². The Morgan fingerprint density at radius 2 is 0.934 bits per heavy atom. The maximum Gasteiger partial charge on any atom is 0.124 e. The van der Waals surface area contributed by atoms with Crippen molar-refractivity contribution >= 4 is 124 Å². The van der Waals surface area contributed by atoms with E-state index in [1.165, 1.54) is 89.9 Å². The molecule has 0 spiro atoms. The van der Waals surface area contributed by atoms with Crippen LogP contribution in [0.1, 0.15) is 0 Å². The van der Waals surface area contributed by atoms with Crippen molar-refractivity contribution in [1.82, 2.24) is 4.98 Å². The van der Waals surface area contributed by atoms with Crippen molar-refractivity contribution < 1.29 is 0 Å². The summed E-state index contributed by atoms with van der Waals surface area (Å²) in [6.45, 7) is 0. The lowest BCUT2D eigenvalue weighted by atomic mass is 9.96. The normalized spacial score (nSPS) is 11.9. The van der Waals surface area contributed by atoms with Crippen LogP contribution in [0.15, 0.2) is 206 Å². The topological polar surface area (TPSA) is 16.1 Å². The van der Waals surface area contributed by atoms with Crippen LogP contribution < -0.4 is 4.90 Å². The van der Waals surface area contributed by atoms with Gasteiger partial charge in [0.05, 0.1) is 10.2 Å². The first-order valence-electron chi connectivity index (χ1n) is 20.7. The third kappa shape index (κ3) is 5.57. The smallest absolute Gasteiger partial charge is 0.124 e. The Kier molecular flexibility index (Phi) is 7.68. The number of thiazole rings is 1. The second-order valence-corrected chi connectivity index (χ2v) is 18.0. The molecule has 4 heteroatoms. The van der Waals surface area contributed by atoms with E-state index in [-0.39, 0.29) is 0 Å². The number of fused-ring (bicyclic) bond motifs is 13. The summed E-state index contributed by atoms with van der Waals surface area (Å²) in [5.41, 5.74) is 7.97. The van der Waals surface area contributed by atoms with Crippen molar-refractivity contribution in [3.63, 3.8) is 0 Å². The van der Waals surface area contributed by atoms with Gasteiger partial charge in [-0.05, 0) is 114 Å². The van der Waals surface area contributed by atoms with E-state index in [0.717, 1.165) is 33.1 Å². The standard InChI is InChI=1S/C57H34N2S2/c1-2-9-39(10-3-1)57-58-52-31-22-38-14-15-41-32-40(21-27-46(41)55(38)56(52)61-57)35-16-23-42(24-17-35)59(44-26-30-50-49-12-6-7-13-53(49)60-54(50)34-44)43-25-18-37-20-28-47-45-11-5-4-8-36(45)19-29-48(47)51(37)33-43/h1-34H. The van der Waals surface area contributed by atoms with E-state index in [2.05, 4.69) is 211 Å². The van der Waals surface area contributed by atoms with Crippen LogP contribution in [0.5, 0.6) is 0 Å². The molecule has 0 unspecified atom stereocenters. The molecule has 0 aliphatic carbocycles. The van der Waals surface area contributed by atoms with Crippen LogP contribution in [-0.2, 0) is 0 Å². The Morgan fingerprint density at radius 3 is 1.82 bits per heavy atom. The van der Waals surface area contributed by atoms with Gasteiger partial charge in [-0.25, -0.2) is 4.98 Å². The summed E-state index contributed by atoms with van der Waals surface area (Å²) in [4.78, 5) is 7.47. The monoisotopic (exact) mass is 810 g/mol. The summed E-state index contributed by atoms with van der Waals surface area (Å²) in [7, 11) is 0. The average molecular weight is 811 g/mol. The van der Waals surface area contributed by atoms with E-state index in [1.54, 1.807) is 11.3 Å². The van der Waals surface area contributed by atoms with Gasteiger partial charge in [-0.2, -0.15) is 0 Å². The second-order valence-electron chi connectivity index (χ2n) is 15.9. The first kappa shape index (κ1) is 34.5. The molecular weight excluding hydrogens is 777 g/mol. The zero-order valence-corrected chi connectivity index (χ0v) is 34.5. The number of hydrogen-bond acceptors (Lipinski definition) is 4. The van der Waals surface area contributed by atoms with E-state index in [0.29, 0.717) is 0 Å². The van der Waals surface area contributed by atoms with Crippen molar-refractivity contribution in [2.75, 3.05) is 4.90 Å². The third-order valence-electron chi connectivity index (χ3n) is 12.4. The lowest BCUT2D eigenvalue weighted by molar-refractivity contribution is 1.30. The third-order valence-corrected chi connectivity index (χ3v) is 14.7. The highest BCUT2D eigenvalue weighted by atomic mass is 32.1. The van der Waals surface area contributed by atoms with Crippen LogP contribution >= 0.6 is 22.7 Å². The Bertz CT molecular complexity index is 3880. The van der Waals surface area contributed by atoms with Crippen molar-refractivity contribution in [1.29, 1.82) is 0 Å². The molecule has 2 aromatic heterocycles. The van der Waals surface area contributed by atoms with Gasteiger partial charge in [0.25, 0.3) is 0 Å². The van der Waals surface area contributed by atoms with E-state index in [4.69, 9.17) is 4.98 Å². The molecule has 13 rings (SSSR count). The summed E-state index contributed by atoms with van der Waals surface area (Å²) < 4.78 is 3.84.